The molecule has 0 unspecified atom stereocenters. The molecule has 0 saturated carbocycles. The smallest absolute Gasteiger partial charge is 0.123 e. The lowest BCUT2D eigenvalue weighted by atomic mass is 10.0. The van der Waals surface area contributed by atoms with E-state index in [0.29, 0.717) is 0 Å². The van der Waals surface area contributed by atoms with Crippen molar-refractivity contribution in [3.05, 3.63) is 95.8 Å². The lowest BCUT2D eigenvalue weighted by Gasteiger charge is -2.28. The second-order valence-corrected chi connectivity index (χ2v) is 7.04. The van der Waals surface area contributed by atoms with Gasteiger partial charge >= 0.3 is 0 Å². The molecule has 3 aromatic rings. The summed E-state index contributed by atoms with van der Waals surface area (Å²) in [6.07, 6.45) is 3.83. The SMILES string of the molecule is Fc1ccc(/C(=N\Nc2ccccc2)c2ccc(N3CCCCC3)cc2)cc1. The highest BCUT2D eigenvalue weighted by Gasteiger charge is 2.12. The molecule has 0 aliphatic carbocycles. The largest absolute Gasteiger partial charge is 0.372 e. The first-order chi connectivity index (χ1) is 13.8. The summed E-state index contributed by atoms with van der Waals surface area (Å²) in [5.74, 6) is -0.250. The summed E-state index contributed by atoms with van der Waals surface area (Å²) in [7, 11) is 0. The summed E-state index contributed by atoms with van der Waals surface area (Å²) in [5.41, 5.74) is 7.93. The van der Waals surface area contributed by atoms with Crippen molar-refractivity contribution in [3.8, 4) is 0 Å². The van der Waals surface area contributed by atoms with E-state index < -0.39 is 0 Å². The molecule has 1 aliphatic rings. The van der Waals surface area contributed by atoms with E-state index in [1.165, 1.54) is 37.1 Å². The molecule has 0 radical (unpaired) electrons. The van der Waals surface area contributed by atoms with Gasteiger partial charge in [-0.1, -0.05) is 30.3 Å². The zero-order valence-corrected chi connectivity index (χ0v) is 15.8. The first-order valence-electron chi connectivity index (χ1n) is 9.80. The average molecular weight is 373 g/mol. The molecule has 0 bridgehead atoms. The van der Waals surface area contributed by atoms with E-state index in [2.05, 4.69) is 39.7 Å². The van der Waals surface area contributed by atoms with Crippen LogP contribution >= 0.6 is 0 Å². The molecule has 1 N–H and O–H groups in total. The number of nitrogens with one attached hydrogen (secondary N) is 1. The quantitative estimate of drug-likeness (QED) is 0.460. The Morgan fingerprint density at radius 1 is 0.750 bits per heavy atom. The van der Waals surface area contributed by atoms with E-state index >= 15 is 0 Å². The van der Waals surface area contributed by atoms with Crippen LogP contribution in [-0.4, -0.2) is 18.8 Å². The topological polar surface area (TPSA) is 27.6 Å². The van der Waals surface area contributed by atoms with Crippen LogP contribution in [-0.2, 0) is 0 Å². The standard InChI is InChI=1S/C24H24FN3/c25-21-13-9-19(10-14-21)24(27-26-22-7-3-1-4-8-22)20-11-15-23(16-12-20)28-17-5-2-6-18-28/h1,3-4,7-16,26H,2,5-6,17-18H2/b27-24+. The molecule has 28 heavy (non-hydrogen) atoms. The Bertz CT molecular complexity index is 912. The summed E-state index contributed by atoms with van der Waals surface area (Å²) in [4.78, 5) is 2.43. The zero-order chi connectivity index (χ0) is 19.2. The van der Waals surface area contributed by atoms with E-state index in [4.69, 9.17) is 0 Å². The first kappa shape index (κ1) is 18.2. The Kier molecular flexibility index (Phi) is 5.66. The van der Waals surface area contributed by atoms with Crippen LogP contribution in [0.1, 0.15) is 30.4 Å². The van der Waals surface area contributed by atoms with Crippen LogP contribution in [0.4, 0.5) is 15.8 Å². The van der Waals surface area contributed by atoms with Crippen LogP contribution in [0, 0.1) is 5.82 Å². The van der Waals surface area contributed by atoms with Crippen LogP contribution in [0.3, 0.4) is 0 Å². The van der Waals surface area contributed by atoms with E-state index in [-0.39, 0.29) is 5.82 Å². The fourth-order valence-electron chi connectivity index (χ4n) is 3.52. The Balaban J connectivity index is 1.63. The number of halogens is 1. The lowest BCUT2D eigenvalue weighted by molar-refractivity contribution is 0.578. The minimum atomic E-state index is -0.250. The number of nitrogens with zero attached hydrogens (tertiary/aromatic N) is 2. The molecule has 1 fully saturated rings. The van der Waals surface area contributed by atoms with Crippen LogP contribution in [0.15, 0.2) is 84.0 Å². The van der Waals surface area contributed by atoms with Gasteiger partial charge in [-0.3, -0.25) is 5.43 Å². The molecule has 1 heterocycles. The average Bonchev–Trinajstić information content (AvgIpc) is 2.77. The van der Waals surface area contributed by atoms with Crippen molar-refractivity contribution >= 4 is 17.1 Å². The molecule has 4 rings (SSSR count). The third-order valence-corrected chi connectivity index (χ3v) is 5.05. The highest BCUT2D eigenvalue weighted by Crippen LogP contribution is 2.22. The Morgan fingerprint density at radius 3 is 2.00 bits per heavy atom. The molecule has 1 saturated heterocycles. The molecule has 142 valence electrons. The zero-order valence-electron chi connectivity index (χ0n) is 15.8. The second-order valence-electron chi connectivity index (χ2n) is 7.04. The third-order valence-electron chi connectivity index (χ3n) is 5.05. The maximum atomic E-state index is 13.4. The van der Waals surface area contributed by atoms with Crippen LogP contribution in [0.5, 0.6) is 0 Å². The lowest BCUT2D eigenvalue weighted by Crippen LogP contribution is -2.29. The van der Waals surface area contributed by atoms with Gasteiger partial charge in [-0.2, -0.15) is 5.10 Å². The van der Waals surface area contributed by atoms with Gasteiger partial charge in [0, 0.05) is 29.9 Å². The summed E-state index contributed by atoms with van der Waals surface area (Å²) >= 11 is 0. The summed E-state index contributed by atoms with van der Waals surface area (Å²) in [5, 5.41) is 4.64. The monoisotopic (exact) mass is 373 g/mol. The first-order valence-corrected chi connectivity index (χ1v) is 9.80. The van der Waals surface area contributed by atoms with Crippen molar-refractivity contribution in [2.75, 3.05) is 23.4 Å². The fraction of sp³-hybridized carbons (Fsp3) is 0.208. The van der Waals surface area contributed by atoms with E-state index in [0.717, 1.165) is 35.6 Å². The summed E-state index contributed by atoms with van der Waals surface area (Å²) in [6, 6.07) is 24.8. The fourth-order valence-corrected chi connectivity index (χ4v) is 3.52. The van der Waals surface area contributed by atoms with Gasteiger partial charge in [0.05, 0.1) is 11.4 Å². The second kappa shape index (κ2) is 8.70. The third kappa shape index (κ3) is 4.39. The van der Waals surface area contributed by atoms with Crippen molar-refractivity contribution in [2.45, 2.75) is 19.3 Å². The molecule has 3 nitrogen and oxygen atoms in total. The maximum Gasteiger partial charge on any atom is 0.123 e. The molecule has 0 atom stereocenters. The van der Waals surface area contributed by atoms with Gasteiger partial charge in [0.1, 0.15) is 5.82 Å². The number of benzene rings is 3. The Hall–Kier alpha value is -3.14. The number of anilines is 2. The van der Waals surface area contributed by atoms with Crippen molar-refractivity contribution in [3.63, 3.8) is 0 Å². The molecule has 0 spiro atoms. The number of piperidine rings is 1. The highest BCUT2D eigenvalue weighted by atomic mass is 19.1. The summed E-state index contributed by atoms with van der Waals surface area (Å²) < 4.78 is 13.4. The van der Waals surface area contributed by atoms with Gasteiger partial charge in [0.25, 0.3) is 0 Å². The predicted molar refractivity (Wildman–Crippen MR) is 115 cm³/mol. The van der Waals surface area contributed by atoms with Crippen LogP contribution < -0.4 is 10.3 Å². The molecule has 1 aliphatic heterocycles. The van der Waals surface area contributed by atoms with Crippen LogP contribution in [0.2, 0.25) is 0 Å². The Morgan fingerprint density at radius 2 is 1.36 bits per heavy atom. The predicted octanol–water partition coefficient (Wildman–Crippen LogP) is 5.68. The van der Waals surface area contributed by atoms with E-state index in [9.17, 15) is 4.39 Å². The number of para-hydroxylation sites is 1. The van der Waals surface area contributed by atoms with Gasteiger partial charge < -0.3 is 4.90 Å². The number of hydrogen-bond acceptors (Lipinski definition) is 3. The van der Waals surface area contributed by atoms with Crippen molar-refractivity contribution < 1.29 is 4.39 Å². The van der Waals surface area contributed by atoms with Crippen molar-refractivity contribution in [2.24, 2.45) is 5.10 Å². The van der Waals surface area contributed by atoms with Crippen molar-refractivity contribution in [1.82, 2.24) is 0 Å². The molecule has 0 amide bonds. The molecule has 4 heteroatoms. The number of hydrazone groups is 1. The minimum Gasteiger partial charge on any atom is -0.372 e. The normalized spacial score (nSPS) is 14.8. The maximum absolute atomic E-state index is 13.4. The number of rotatable bonds is 5. The molecular formula is C24H24FN3. The van der Waals surface area contributed by atoms with Crippen molar-refractivity contribution in [1.29, 1.82) is 0 Å². The van der Waals surface area contributed by atoms with Gasteiger partial charge in [-0.25, -0.2) is 4.39 Å². The van der Waals surface area contributed by atoms with Crippen LogP contribution in [0.25, 0.3) is 0 Å². The molecule has 0 aromatic heterocycles. The van der Waals surface area contributed by atoms with Gasteiger partial charge in [0.15, 0.2) is 0 Å². The van der Waals surface area contributed by atoms with Gasteiger partial charge in [-0.15, -0.1) is 0 Å². The van der Waals surface area contributed by atoms with Gasteiger partial charge in [0.2, 0.25) is 0 Å². The van der Waals surface area contributed by atoms with E-state index in [1.807, 2.05) is 30.3 Å². The minimum absolute atomic E-state index is 0.250. The molecule has 3 aromatic carbocycles. The van der Waals surface area contributed by atoms with Gasteiger partial charge in [-0.05, 0) is 67.8 Å². The number of hydrogen-bond donors (Lipinski definition) is 1. The van der Waals surface area contributed by atoms with E-state index in [1.54, 1.807) is 12.1 Å². The highest BCUT2D eigenvalue weighted by molar-refractivity contribution is 6.13. The summed E-state index contributed by atoms with van der Waals surface area (Å²) in [6.45, 7) is 2.24. The Labute approximate surface area is 165 Å². The molecular weight excluding hydrogens is 349 g/mol.